The SMILES string of the molecule is O=C([O-])C(=O)[O-].[Li+].[NH4+]. The van der Waals surface area contributed by atoms with Gasteiger partial charge in [-0.3, -0.25) is 0 Å². The number of carboxylic acids is 2. The van der Waals surface area contributed by atoms with Gasteiger partial charge in [0.1, 0.15) is 0 Å². The molecule has 6 heteroatoms. The van der Waals surface area contributed by atoms with Crippen molar-refractivity contribution in [2.75, 3.05) is 0 Å². The monoisotopic (exact) mass is 113 g/mol. The first-order chi connectivity index (χ1) is 2.64. The molecule has 42 valence electrons. The normalized spacial score (nSPS) is 5.50. The average Bonchev–Trinajstić information content (AvgIpc) is 1.36. The number of quaternary nitrogens is 1. The van der Waals surface area contributed by atoms with Crippen LogP contribution in [0.25, 0.3) is 0 Å². The maximum atomic E-state index is 8.93. The molecule has 0 bridgehead atoms. The Morgan fingerprint density at radius 3 is 1.12 bits per heavy atom. The number of carbonyl (C=O) groups excluding carboxylic acids is 2. The molecular formula is C2H4LiNO4. The summed E-state index contributed by atoms with van der Waals surface area (Å²) in [6.45, 7) is 0. The number of carbonyl (C=O) groups is 2. The van der Waals surface area contributed by atoms with Crippen molar-refractivity contribution in [3.63, 3.8) is 0 Å². The summed E-state index contributed by atoms with van der Waals surface area (Å²) in [5.74, 6) is -4.37. The van der Waals surface area contributed by atoms with Gasteiger partial charge in [0.05, 0.1) is 11.9 Å². The third-order valence-corrected chi connectivity index (χ3v) is 0.167. The Labute approximate surface area is 57.4 Å². The third-order valence-electron chi connectivity index (χ3n) is 0.167. The molecule has 0 aromatic heterocycles. The fraction of sp³-hybridized carbons (Fsp3) is 0. The Morgan fingerprint density at radius 2 is 1.12 bits per heavy atom. The molecule has 0 aromatic rings. The second-order valence-corrected chi connectivity index (χ2v) is 0.575. The molecule has 0 aliphatic heterocycles. The Balaban J connectivity index is -0.000000125. The molecule has 0 spiro atoms. The summed E-state index contributed by atoms with van der Waals surface area (Å²) >= 11 is 0. The minimum atomic E-state index is -2.19. The second kappa shape index (κ2) is 6.50. The van der Waals surface area contributed by atoms with Gasteiger partial charge in [0.25, 0.3) is 0 Å². The van der Waals surface area contributed by atoms with Crippen LogP contribution in [-0.2, 0) is 9.59 Å². The van der Waals surface area contributed by atoms with E-state index in [-0.39, 0.29) is 25.0 Å². The predicted molar refractivity (Wildman–Crippen MR) is 16.0 cm³/mol. The fourth-order valence-electron chi connectivity index (χ4n) is 0. The third kappa shape index (κ3) is 9.09. The molecule has 0 radical (unpaired) electrons. The van der Waals surface area contributed by atoms with Crippen molar-refractivity contribution in [3.05, 3.63) is 0 Å². The zero-order chi connectivity index (χ0) is 5.15. The smallest absolute Gasteiger partial charge is 0.543 e. The summed E-state index contributed by atoms with van der Waals surface area (Å²) < 4.78 is 0. The summed E-state index contributed by atoms with van der Waals surface area (Å²) in [5, 5.41) is 17.9. The Kier molecular flexibility index (Phi) is 12.7. The van der Waals surface area contributed by atoms with E-state index >= 15 is 0 Å². The van der Waals surface area contributed by atoms with E-state index in [1.165, 1.54) is 0 Å². The van der Waals surface area contributed by atoms with Crippen LogP contribution in [0.5, 0.6) is 0 Å². The van der Waals surface area contributed by atoms with Crippen LogP contribution in [0.1, 0.15) is 0 Å². The van der Waals surface area contributed by atoms with E-state index in [1.807, 2.05) is 0 Å². The molecule has 0 atom stereocenters. The fourth-order valence-corrected chi connectivity index (χ4v) is 0. The zero-order valence-electron chi connectivity index (χ0n) is 4.63. The first kappa shape index (κ1) is 15.6. The Morgan fingerprint density at radius 1 is 1.00 bits per heavy atom. The van der Waals surface area contributed by atoms with E-state index in [0.29, 0.717) is 0 Å². The van der Waals surface area contributed by atoms with Crippen molar-refractivity contribution in [2.24, 2.45) is 0 Å². The molecule has 0 aromatic carbocycles. The molecule has 0 rings (SSSR count). The van der Waals surface area contributed by atoms with Gasteiger partial charge >= 0.3 is 18.9 Å². The van der Waals surface area contributed by atoms with E-state index < -0.39 is 11.9 Å². The Bertz CT molecular complexity index is 80.0. The summed E-state index contributed by atoms with van der Waals surface area (Å²) in [5.41, 5.74) is 0. The minimum Gasteiger partial charge on any atom is -0.543 e. The molecule has 0 aliphatic carbocycles. The van der Waals surface area contributed by atoms with Gasteiger partial charge in [-0.2, -0.15) is 0 Å². The number of rotatable bonds is 0. The van der Waals surface area contributed by atoms with E-state index in [9.17, 15) is 0 Å². The van der Waals surface area contributed by atoms with Crippen LogP contribution in [0.3, 0.4) is 0 Å². The van der Waals surface area contributed by atoms with Crippen molar-refractivity contribution in [1.29, 1.82) is 0 Å². The van der Waals surface area contributed by atoms with Crippen LogP contribution in [-0.4, -0.2) is 11.9 Å². The van der Waals surface area contributed by atoms with Gasteiger partial charge in [-0.25, -0.2) is 0 Å². The molecule has 0 amide bonds. The van der Waals surface area contributed by atoms with Crippen molar-refractivity contribution >= 4 is 11.9 Å². The second-order valence-electron chi connectivity index (χ2n) is 0.575. The quantitative estimate of drug-likeness (QED) is 0.248. The molecule has 8 heavy (non-hydrogen) atoms. The van der Waals surface area contributed by atoms with Crippen LogP contribution in [0.4, 0.5) is 0 Å². The number of aliphatic carboxylic acids is 2. The van der Waals surface area contributed by atoms with Crippen LogP contribution < -0.4 is 35.2 Å². The molecule has 0 fully saturated rings. The number of carboxylic acid groups (broad SMARTS) is 2. The van der Waals surface area contributed by atoms with Gasteiger partial charge in [-0.05, 0) is 0 Å². The standard InChI is InChI=1S/C2H2O4.Li.H3N/c3-1(4)2(5)6;;/h(H,3,4)(H,5,6);;1H3/q;+1;/p-1. The molecule has 4 N–H and O–H groups in total. The average molecular weight is 113 g/mol. The maximum absolute atomic E-state index is 8.93. The first-order valence-corrected chi connectivity index (χ1v) is 1.07. The topological polar surface area (TPSA) is 117 Å². The number of hydrogen-bond donors (Lipinski definition) is 1. The van der Waals surface area contributed by atoms with E-state index in [0.717, 1.165) is 0 Å². The Hall–Kier alpha value is -0.503. The van der Waals surface area contributed by atoms with Crippen molar-refractivity contribution in [1.82, 2.24) is 6.15 Å². The van der Waals surface area contributed by atoms with Crippen molar-refractivity contribution in [3.8, 4) is 0 Å². The summed E-state index contributed by atoms with van der Waals surface area (Å²) in [7, 11) is 0. The van der Waals surface area contributed by atoms with Gasteiger partial charge in [0, 0.05) is 0 Å². The summed E-state index contributed by atoms with van der Waals surface area (Å²) in [6.07, 6.45) is 0. The van der Waals surface area contributed by atoms with Crippen LogP contribution in [0.15, 0.2) is 0 Å². The van der Waals surface area contributed by atoms with Gasteiger partial charge < -0.3 is 26.0 Å². The summed E-state index contributed by atoms with van der Waals surface area (Å²) in [4.78, 5) is 17.9. The van der Waals surface area contributed by atoms with E-state index in [2.05, 4.69) is 0 Å². The van der Waals surface area contributed by atoms with Crippen LogP contribution in [0.2, 0.25) is 0 Å². The van der Waals surface area contributed by atoms with E-state index in [4.69, 9.17) is 19.8 Å². The van der Waals surface area contributed by atoms with Gasteiger partial charge in [0.2, 0.25) is 0 Å². The van der Waals surface area contributed by atoms with Crippen LogP contribution in [0, 0.1) is 0 Å². The molecule has 0 heterocycles. The van der Waals surface area contributed by atoms with Gasteiger partial charge in [0.15, 0.2) is 0 Å². The number of hydrogen-bond acceptors (Lipinski definition) is 4. The zero-order valence-corrected chi connectivity index (χ0v) is 4.63. The largest absolute Gasteiger partial charge is 1.00 e. The molecule has 0 unspecified atom stereocenters. The first-order valence-electron chi connectivity index (χ1n) is 1.07. The van der Waals surface area contributed by atoms with Gasteiger partial charge in [-0.15, -0.1) is 0 Å². The minimum absolute atomic E-state index is 0. The summed E-state index contributed by atoms with van der Waals surface area (Å²) in [6, 6.07) is 0. The predicted octanol–water partition coefficient (Wildman–Crippen LogP) is -6.13. The maximum Gasteiger partial charge on any atom is 1.00 e. The van der Waals surface area contributed by atoms with Crippen molar-refractivity contribution in [2.45, 2.75) is 0 Å². The van der Waals surface area contributed by atoms with Crippen molar-refractivity contribution < 1.29 is 38.7 Å². The molecule has 0 saturated carbocycles. The van der Waals surface area contributed by atoms with E-state index in [1.54, 1.807) is 0 Å². The molecule has 5 nitrogen and oxygen atoms in total. The molecule has 0 saturated heterocycles. The molecular weight excluding hydrogens is 109 g/mol. The van der Waals surface area contributed by atoms with Gasteiger partial charge in [-0.1, -0.05) is 0 Å². The van der Waals surface area contributed by atoms with Crippen LogP contribution >= 0.6 is 0 Å². The molecule has 0 aliphatic rings.